The van der Waals surface area contributed by atoms with E-state index in [-0.39, 0.29) is 0 Å². The van der Waals surface area contributed by atoms with Gasteiger partial charge in [-0.25, -0.2) is 0 Å². The highest BCUT2D eigenvalue weighted by atomic mass is 28.1. The fourth-order valence-corrected chi connectivity index (χ4v) is 4.79. The molecule has 0 nitrogen and oxygen atoms in total. The molecule has 0 spiro atoms. The monoisotopic (exact) mass is 323 g/mol. The van der Waals surface area contributed by atoms with Crippen molar-refractivity contribution in [1.82, 2.24) is 0 Å². The lowest BCUT2D eigenvalue weighted by Gasteiger charge is -2.29. The van der Waals surface area contributed by atoms with Gasteiger partial charge >= 0.3 is 0 Å². The first-order chi connectivity index (χ1) is 11.2. The molecule has 0 unspecified atom stereocenters. The smallest absolute Gasteiger partial charge is 0.0225 e. The maximum absolute atomic E-state index is 3.69. The van der Waals surface area contributed by atoms with Crippen LogP contribution in [0.25, 0.3) is 0 Å². The predicted molar refractivity (Wildman–Crippen MR) is 101 cm³/mol. The van der Waals surface area contributed by atoms with Gasteiger partial charge in [0.2, 0.25) is 0 Å². The molecule has 0 atom stereocenters. The summed E-state index contributed by atoms with van der Waals surface area (Å²) >= 11 is 0. The summed E-state index contributed by atoms with van der Waals surface area (Å²) in [4.78, 5) is 0. The van der Waals surface area contributed by atoms with Gasteiger partial charge in [-0.05, 0) is 74.7 Å². The molecule has 0 bridgehead atoms. The van der Waals surface area contributed by atoms with Crippen molar-refractivity contribution < 1.29 is 0 Å². The Labute approximate surface area is 146 Å². The van der Waals surface area contributed by atoms with Crippen molar-refractivity contribution in [1.29, 1.82) is 0 Å². The molecular formula is C22H31Si. The Kier molecular flexibility index (Phi) is 6.16. The summed E-state index contributed by atoms with van der Waals surface area (Å²) < 4.78 is 0. The summed E-state index contributed by atoms with van der Waals surface area (Å²) in [6, 6.07) is 10.4. The van der Waals surface area contributed by atoms with E-state index in [1.165, 1.54) is 63.0 Å². The summed E-state index contributed by atoms with van der Waals surface area (Å²) in [6.45, 7) is 2.18. The third-order valence-electron chi connectivity index (χ3n) is 6.16. The third-order valence-corrected chi connectivity index (χ3v) is 6.73. The minimum absolute atomic E-state index is 0.800. The molecule has 0 heterocycles. The van der Waals surface area contributed by atoms with Crippen LogP contribution in [0.2, 0.25) is 6.04 Å². The Morgan fingerprint density at radius 2 is 1.35 bits per heavy atom. The van der Waals surface area contributed by atoms with Crippen molar-refractivity contribution >= 4 is 10.2 Å². The number of allylic oxidation sites excluding steroid dienone is 2. The van der Waals surface area contributed by atoms with Crippen molar-refractivity contribution in [2.75, 3.05) is 0 Å². The Morgan fingerprint density at radius 3 is 1.87 bits per heavy atom. The van der Waals surface area contributed by atoms with Crippen molar-refractivity contribution in [2.24, 2.45) is 17.8 Å². The van der Waals surface area contributed by atoms with Gasteiger partial charge in [-0.2, -0.15) is 0 Å². The highest BCUT2D eigenvalue weighted by molar-refractivity contribution is 6.08. The van der Waals surface area contributed by atoms with Gasteiger partial charge in [-0.15, -0.1) is 0 Å². The van der Waals surface area contributed by atoms with E-state index < -0.39 is 0 Å². The van der Waals surface area contributed by atoms with E-state index in [9.17, 15) is 0 Å². The molecule has 0 saturated heterocycles. The van der Waals surface area contributed by atoms with Gasteiger partial charge in [0.1, 0.15) is 0 Å². The van der Waals surface area contributed by atoms with Gasteiger partial charge in [0.05, 0.1) is 0 Å². The molecule has 0 aromatic heterocycles. The van der Waals surface area contributed by atoms with Crippen LogP contribution in [0.5, 0.6) is 0 Å². The van der Waals surface area contributed by atoms with Crippen LogP contribution in [0.1, 0.15) is 68.4 Å². The van der Waals surface area contributed by atoms with Gasteiger partial charge < -0.3 is 0 Å². The molecule has 0 amide bonds. The molecule has 2 aliphatic rings. The van der Waals surface area contributed by atoms with Crippen LogP contribution < -0.4 is 0 Å². The average Bonchev–Trinajstić information content (AvgIpc) is 2.61. The number of hydrogen-bond donors (Lipinski definition) is 0. The van der Waals surface area contributed by atoms with Crippen LogP contribution in [-0.4, -0.2) is 10.2 Å². The van der Waals surface area contributed by atoms with E-state index in [0.29, 0.717) is 0 Å². The van der Waals surface area contributed by atoms with Crippen molar-refractivity contribution in [3.63, 3.8) is 0 Å². The lowest BCUT2D eigenvalue weighted by Crippen LogP contribution is -2.14. The minimum Gasteiger partial charge on any atom is -0.0851 e. The first-order valence-electron chi connectivity index (χ1n) is 9.64. The molecule has 123 valence electrons. The lowest BCUT2D eigenvalue weighted by atomic mass is 9.77. The summed E-state index contributed by atoms with van der Waals surface area (Å²) in [5.74, 6) is 3.43. The second kappa shape index (κ2) is 8.33. The molecule has 0 aliphatic heterocycles. The van der Waals surface area contributed by atoms with E-state index in [4.69, 9.17) is 0 Å². The lowest BCUT2D eigenvalue weighted by molar-refractivity contribution is 0.327. The molecule has 2 saturated carbocycles. The quantitative estimate of drug-likeness (QED) is 0.456. The summed E-state index contributed by atoms with van der Waals surface area (Å²) in [5.41, 5.74) is 2.94. The normalized spacial score (nSPS) is 32.3. The van der Waals surface area contributed by atoms with Gasteiger partial charge in [0.15, 0.2) is 0 Å². The standard InChI is InChI=1S/C22H31Si/c1-17-2-12-21(13-3-17)22-14-10-19(11-15-22)5-4-18-6-8-20(16-23)9-7-18/h2-5,12-13,18-20,22H,6-11,14-16H2,1H3/b5-4+. The molecule has 2 fully saturated rings. The molecule has 3 rings (SSSR count). The molecular weight excluding hydrogens is 292 g/mol. The number of rotatable bonds is 4. The second-order valence-corrected chi connectivity index (χ2v) is 8.30. The topological polar surface area (TPSA) is 0 Å². The Balaban J connectivity index is 1.44. The van der Waals surface area contributed by atoms with Crippen LogP contribution in [-0.2, 0) is 0 Å². The zero-order valence-corrected chi connectivity index (χ0v) is 15.6. The zero-order chi connectivity index (χ0) is 16.1. The Hall–Kier alpha value is -0.823. The van der Waals surface area contributed by atoms with Crippen LogP contribution >= 0.6 is 0 Å². The van der Waals surface area contributed by atoms with Crippen molar-refractivity contribution in [3.8, 4) is 0 Å². The molecule has 23 heavy (non-hydrogen) atoms. The fraction of sp³-hybridized carbons (Fsp3) is 0.636. The van der Waals surface area contributed by atoms with Crippen LogP contribution in [0.4, 0.5) is 0 Å². The highest BCUT2D eigenvalue weighted by Gasteiger charge is 2.22. The highest BCUT2D eigenvalue weighted by Crippen LogP contribution is 2.37. The first-order valence-corrected chi connectivity index (χ1v) is 10.3. The van der Waals surface area contributed by atoms with E-state index >= 15 is 0 Å². The maximum Gasteiger partial charge on any atom is 0.0225 e. The SMILES string of the molecule is Cc1ccc(C2CCC(/C=C/C3CCC(C[Si])CC3)CC2)cc1. The predicted octanol–water partition coefficient (Wildman–Crippen LogP) is 6.22. The van der Waals surface area contributed by atoms with Crippen LogP contribution in [0.15, 0.2) is 36.4 Å². The van der Waals surface area contributed by atoms with E-state index in [0.717, 1.165) is 23.7 Å². The third kappa shape index (κ3) is 4.82. The molecule has 3 radical (unpaired) electrons. The molecule has 2 aliphatic carbocycles. The fourth-order valence-electron chi connectivity index (χ4n) is 4.38. The summed E-state index contributed by atoms with van der Waals surface area (Å²) in [6.07, 6.45) is 16.3. The Morgan fingerprint density at radius 1 is 0.826 bits per heavy atom. The van der Waals surface area contributed by atoms with Crippen molar-refractivity contribution in [2.45, 2.75) is 70.3 Å². The van der Waals surface area contributed by atoms with E-state index in [1.54, 1.807) is 5.56 Å². The molecule has 0 N–H and O–H groups in total. The molecule has 1 aromatic rings. The van der Waals surface area contributed by atoms with Crippen LogP contribution in [0.3, 0.4) is 0 Å². The van der Waals surface area contributed by atoms with Crippen molar-refractivity contribution in [3.05, 3.63) is 47.5 Å². The first kappa shape index (κ1) is 17.0. The van der Waals surface area contributed by atoms with Gasteiger partial charge in [-0.1, -0.05) is 60.9 Å². The van der Waals surface area contributed by atoms with Gasteiger partial charge in [-0.3, -0.25) is 0 Å². The molecule has 1 aromatic carbocycles. The Bertz CT molecular complexity index is 485. The van der Waals surface area contributed by atoms with Crippen LogP contribution in [0, 0.1) is 24.7 Å². The minimum atomic E-state index is 0.800. The van der Waals surface area contributed by atoms with E-state index in [2.05, 4.69) is 53.6 Å². The average molecular weight is 324 g/mol. The maximum atomic E-state index is 3.69. The number of benzene rings is 1. The van der Waals surface area contributed by atoms with Gasteiger partial charge in [0, 0.05) is 10.2 Å². The number of aryl methyl sites for hydroxylation is 1. The second-order valence-electron chi connectivity index (χ2n) is 7.89. The zero-order valence-electron chi connectivity index (χ0n) is 14.6. The molecule has 1 heteroatoms. The summed E-state index contributed by atoms with van der Waals surface area (Å²) in [5, 5.41) is 0. The summed E-state index contributed by atoms with van der Waals surface area (Å²) in [7, 11) is 3.69. The van der Waals surface area contributed by atoms with E-state index in [1.807, 2.05) is 0 Å². The number of hydrogen-bond acceptors (Lipinski definition) is 0. The largest absolute Gasteiger partial charge is 0.0851 e. The van der Waals surface area contributed by atoms with Gasteiger partial charge in [0.25, 0.3) is 0 Å².